The number of hydrogen-bond acceptors (Lipinski definition) is 3. The Hall–Kier alpha value is -2.20. The molecule has 1 aliphatic heterocycles. The zero-order valence-corrected chi connectivity index (χ0v) is 17.0. The SMILES string of the molecule is Cc1cc(OC(C)C(=O)N(C)Cc2ccccc2N2CCCC2)ccc1Cl. The number of benzene rings is 2. The first-order chi connectivity index (χ1) is 13.0. The highest BCUT2D eigenvalue weighted by molar-refractivity contribution is 6.31. The van der Waals surface area contributed by atoms with Gasteiger partial charge in [-0.15, -0.1) is 0 Å². The molecule has 2 aromatic rings. The molecule has 0 radical (unpaired) electrons. The second-order valence-electron chi connectivity index (χ2n) is 7.19. The Morgan fingerprint density at radius 1 is 1.22 bits per heavy atom. The van der Waals surface area contributed by atoms with Crippen molar-refractivity contribution in [1.29, 1.82) is 0 Å². The van der Waals surface area contributed by atoms with Crippen LogP contribution in [0.25, 0.3) is 0 Å². The van der Waals surface area contributed by atoms with Crippen molar-refractivity contribution in [2.45, 2.75) is 39.3 Å². The first-order valence-corrected chi connectivity index (χ1v) is 9.84. The van der Waals surface area contributed by atoms with Crippen molar-refractivity contribution in [3.05, 3.63) is 58.6 Å². The molecule has 0 spiro atoms. The minimum Gasteiger partial charge on any atom is -0.481 e. The van der Waals surface area contributed by atoms with Gasteiger partial charge in [0.1, 0.15) is 5.75 Å². The van der Waals surface area contributed by atoms with Crippen LogP contribution in [0.5, 0.6) is 5.75 Å². The molecule has 0 aliphatic carbocycles. The number of ether oxygens (including phenoxy) is 1. The van der Waals surface area contributed by atoms with Crippen LogP contribution in [0.3, 0.4) is 0 Å². The molecule has 0 aromatic heterocycles. The van der Waals surface area contributed by atoms with E-state index in [1.54, 1.807) is 24.0 Å². The number of halogens is 1. The van der Waals surface area contributed by atoms with E-state index in [1.807, 2.05) is 26.1 Å². The van der Waals surface area contributed by atoms with Gasteiger partial charge in [-0.25, -0.2) is 0 Å². The van der Waals surface area contributed by atoms with Crippen LogP contribution in [0.4, 0.5) is 5.69 Å². The van der Waals surface area contributed by atoms with Gasteiger partial charge in [-0.05, 0) is 62.1 Å². The molecule has 2 aromatic carbocycles. The number of likely N-dealkylation sites (N-methyl/N-ethyl adjacent to an activating group) is 1. The summed E-state index contributed by atoms with van der Waals surface area (Å²) in [6, 6.07) is 13.8. The summed E-state index contributed by atoms with van der Waals surface area (Å²) >= 11 is 6.05. The Kier molecular flexibility index (Phi) is 6.27. The number of rotatable bonds is 6. The maximum Gasteiger partial charge on any atom is 0.263 e. The van der Waals surface area contributed by atoms with Gasteiger partial charge >= 0.3 is 0 Å². The molecule has 1 unspecified atom stereocenters. The molecule has 144 valence electrons. The summed E-state index contributed by atoms with van der Waals surface area (Å²) in [5.41, 5.74) is 3.34. The Morgan fingerprint density at radius 2 is 1.93 bits per heavy atom. The van der Waals surface area contributed by atoms with Gasteiger partial charge in [-0.3, -0.25) is 4.79 Å². The predicted molar refractivity (Wildman–Crippen MR) is 111 cm³/mol. The summed E-state index contributed by atoms with van der Waals surface area (Å²) in [5.74, 6) is 0.613. The van der Waals surface area contributed by atoms with E-state index in [1.165, 1.54) is 24.1 Å². The minimum atomic E-state index is -0.561. The zero-order chi connectivity index (χ0) is 19.4. The largest absolute Gasteiger partial charge is 0.481 e. The molecule has 1 amide bonds. The van der Waals surface area contributed by atoms with E-state index in [4.69, 9.17) is 16.3 Å². The van der Waals surface area contributed by atoms with Crippen molar-refractivity contribution < 1.29 is 9.53 Å². The molecule has 1 fully saturated rings. The molecular weight excluding hydrogens is 360 g/mol. The van der Waals surface area contributed by atoms with Crippen LogP contribution in [0, 0.1) is 6.92 Å². The van der Waals surface area contributed by atoms with Gasteiger partial charge in [0.25, 0.3) is 5.91 Å². The average molecular weight is 387 g/mol. The van der Waals surface area contributed by atoms with Crippen molar-refractivity contribution in [3.63, 3.8) is 0 Å². The molecule has 1 heterocycles. The first-order valence-electron chi connectivity index (χ1n) is 9.46. The molecule has 1 atom stereocenters. The fourth-order valence-corrected chi connectivity index (χ4v) is 3.62. The minimum absolute atomic E-state index is 0.0428. The molecule has 0 saturated carbocycles. The summed E-state index contributed by atoms with van der Waals surface area (Å²) in [6.07, 6.45) is 1.90. The number of amides is 1. The van der Waals surface area contributed by atoms with E-state index in [0.29, 0.717) is 17.3 Å². The first kappa shape index (κ1) is 19.6. The lowest BCUT2D eigenvalue weighted by Crippen LogP contribution is -2.37. The third-order valence-electron chi connectivity index (χ3n) is 5.01. The number of carbonyl (C=O) groups is 1. The summed E-state index contributed by atoms with van der Waals surface area (Å²) in [4.78, 5) is 16.9. The second-order valence-corrected chi connectivity index (χ2v) is 7.60. The Labute approximate surface area is 166 Å². The second kappa shape index (κ2) is 8.66. The third-order valence-corrected chi connectivity index (χ3v) is 5.44. The fourth-order valence-electron chi connectivity index (χ4n) is 3.50. The average Bonchev–Trinajstić information content (AvgIpc) is 3.19. The Bertz CT molecular complexity index is 803. The number of anilines is 1. The van der Waals surface area contributed by atoms with Crippen molar-refractivity contribution in [2.75, 3.05) is 25.0 Å². The van der Waals surface area contributed by atoms with Gasteiger partial charge in [0.15, 0.2) is 6.10 Å². The van der Waals surface area contributed by atoms with Gasteiger partial charge in [-0.2, -0.15) is 0 Å². The Morgan fingerprint density at radius 3 is 2.63 bits per heavy atom. The topological polar surface area (TPSA) is 32.8 Å². The van der Waals surface area contributed by atoms with Crippen molar-refractivity contribution in [2.24, 2.45) is 0 Å². The number of hydrogen-bond donors (Lipinski definition) is 0. The van der Waals surface area contributed by atoms with Crippen LogP contribution in [-0.2, 0) is 11.3 Å². The van der Waals surface area contributed by atoms with Gasteiger partial charge < -0.3 is 14.5 Å². The summed E-state index contributed by atoms with van der Waals surface area (Å²) in [5, 5.41) is 0.692. The number of para-hydroxylation sites is 1. The normalized spacial score (nSPS) is 14.9. The van der Waals surface area contributed by atoms with Gasteiger partial charge in [0.05, 0.1) is 0 Å². The predicted octanol–water partition coefficient (Wildman–Crippen LogP) is 4.67. The van der Waals surface area contributed by atoms with Gasteiger partial charge in [0.2, 0.25) is 0 Å². The number of nitrogens with zero attached hydrogens (tertiary/aromatic N) is 2. The fraction of sp³-hybridized carbons (Fsp3) is 0.409. The molecule has 0 bridgehead atoms. The maximum atomic E-state index is 12.8. The van der Waals surface area contributed by atoms with E-state index in [0.717, 1.165) is 18.7 Å². The standard InChI is InChI=1S/C22H27ClN2O2/c1-16-14-19(10-11-20(16)23)27-17(2)22(26)24(3)15-18-8-4-5-9-21(18)25-12-6-7-13-25/h4-5,8-11,14,17H,6-7,12-13,15H2,1-3H3. The third kappa shape index (κ3) is 4.75. The number of carbonyl (C=O) groups excluding carboxylic acids is 1. The molecule has 1 saturated heterocycles. The van der Waals surface area contributed by atoms with Crippen LogP contribution in [-0.4, -0.2) is 37.0 Å². The lowest BCUT2D eigenvalue weighted by Gasteiger charge is -2.26. The molecule has 4 nitrogen and oxygen atoms in total. The quantitative estimate of drug-likeness (QED) is 0.722. The highest BCUT2D eigenvalue weighted by Gasteiger charge is 2.22. The van der Waals surface area contributed by atoms with Crippen LogP contribution in [0.1, 0.15) is 30.9 Å². The molecule has 27 heavy (non-hydrogen) atoms. The molecule has 1 aliphatic rings. The highest BCUT2D eigenvalue weighted by Crippen LogP contribution is 2.26. The highest BCUT2D eigenvalue weighted by atomic mass is 35.5. The van der Waals surface area contributed by atoms with Crippen LogP contribution >= 0.6 is 11.6 Å². The Balaban J connectivity index is 1.66. The number of aryl methyl sites for hydroxylation is 1. The molecular formula is C22H27ClN2O2. The lowest BCUT2D eigenvalue weighted by atomic mass is 10.1. The molecule has 5 heteroatoms. The smallest absolute Gasteiger partial charge is 0.263 e. The van der Waals surface area contributed by atoms with Crippen LogP contribution < -0.4 is 9.64 Å². The van der Waals surface area contributed by atoms with Crippen LogP contribution in [0.15, 0.2) is 42.5 Å². The summed E-state index contributed by atoms with van der Waals surface area (Å²) in [6.45, 7) is 6.45. The zero-order valence-electron chi connectivity index (χ0n) is 16.2. The van der Waals surface area contributed by atoms with Gasteiger partial charge in [-0.1, -0.05) is 29.8 Å². The summed E-state index contributed by atoms with van der Waals surface area (Å²) in [7, 11) is 1.83. The van der Waals surface area contributed by atoms with Gasteiger partial charge in [0, 0.05) is 37.4 Å². The maximum absolute atomic E-state index is 12.8. The van der Waals surface area contributed by atoms with Crippen molar-refractivity contribution >= 4 is 23.2 Å². The summed E-state index contributed by atoms with van der Waals surface area (Å²) < 4.78 is 5.84. The van der Waals surface area contributed by atoms with Crippen LogP contribution in [0.2, 0.25) is 5.02 Å². The van der Waals surface area contributed by atoms with Crippen molar-refractivity contribution in [3.8, 4) is 5.75 Å². The molecule has 0 N–H and O–H groups in total. The van der Waals surface area contributed by atoms with E-state index >= 15 is 0 Å². The van der Waals surface area contributed by atoms with E-state index in [9.17, 15) is 4.79 Å². The van der Waals surface area contributed by atoms with E-state index in [2.05, 4.69) is 23.1 Å². The molecule has 3 rings (SSSR count). The van der Waals surface area contributed by atoms with Crippen molar-refractivity contribution in [1.82, 2.24) is 4.90 Å². The monoisotopic (exact) mass is 386 g/mol. The van der Waals surface area contributed by atoms with E-state index in [-0.39, 0.29) is 5.91 Å². The lowest BCUT2D eigenvalue weighted by molar-refractivity contribution is -0.137. The van der Waals surface area contributed by atoms with E-state index < -0.39 is 6.10 Å².